The molecule has 0 spiro atoms. The standard InChI is InChI=1S/C11H12FIO2/c1-2-5-15-7-11(14)9-4-3-8(12)6-10(9)13/h3-4,6H,2,5,7H2,1H3. The molecule has 1 rings (SSSR count). The number of carbonyl (C=O) groups is 1. The average molecular weight is 322 g/mol. The predicted octanol–water partition coefficient (Wildman–Crippen LogP) is 3.04. The molecule has 0 heterocycles. The number of Topliss-reactive ketones (excluding diaryl/α,β-unsaturated/α-hetero) is 1. The van der Waals surface area contributed by atoms with Crippen LogP contribution in [0.4, 0.5) is 4.39 Å². The molecule has 0 saturated heterocycles. The first kappa shape index (κ1) is 12.6. The highest BCUT2D eigenvalue weighted by molar-refractivity contribution is 14.1. The highest BCUT2D eigenvalue weighted by Crippen LogP contribution is 2.14. The number of benzene rings is 1. The summed E-state index contributed by atoms with van der Waals surface area (Å²) in [5.74, 6) is -0.432. The summed E-state index contributed by atoms with van der Waals surface area (Å²) in [6.45, 7) is 2.62. The minimum atomic E-state index is -0.328. The van der Waals surface area contributed by atoms with Gasteiger partial charge in [-0.1, -0.05) is 6.92 Å². The number of ether oxygens (including phenoxy) is 1. The molecule has 4 heteroatoms. The summed E-state index contributed by atoms with van der Waals surface area (Å²) in [5, 5.41) is 0. The summed E-state index contributed by atoms with van der Waals surface area (Å²) in [4.78, 5) is 11.6. The van der Waals surface area contributed by atoms with Crippen LogP contribution < -0.4 is 0 Å². The lowest BCUT2D eigenvalue weighted by Crippen LogP contribution is -2.11. The van der Waals surface area contributed by atoms with Crippen LogP contribution in [-0.2, 0) is 4.74 Å². The van der Waals surface area contributed by atoms with Gasteiger partial charge in [-0.3, -0.25) is 4.79 Å². The van der Waals surface area contributed by atoms with Gasteiger partial charge in [0.15, 0.2) is 5.78 Å². The quantitative estimate of drug-likeness (QED) is 0.473. The van der Waals surface area contributed by atoms with Crippen molar-refractivity contribution < 1.29 is 13.9 Å². The number of ketones is 1. The van der Waals surface area contributed by atoms with Crippen LogP contribution in [0.1, 0.15) is 23.7 Å². The molecule has 82 valence electrons. The minimum Gasteiger partial charge on any atom is -0.373 e. The minimum absolute atomic E-state index is 0.0650. The summed E-state index contributed by atoms with van der Waals surface area (Å²) in [6, 6.07) is 4.12. The lowest BCUT2D eigenvalue weighted by atomic mass is 10.1. The zero-order chi connectivity index (χ0) is 11.3. The lowest BCUT2D eigenvalue weighted by molar-refractivity contribution is 0.0760. The van der Waals surface area contributed by atoms with Crippen molar-refractivity contribution in [3.63, 3.8) is 0 Å². The summed E-state index contributed by atoms with van der Waals surface area (Å²) >= 11 is 1.95. The van der Waals surface area contributed by atoms with Crippen molar-refractivity contribution in [2.24, 2.45) is 0 Å². The highest BCUT2D eigenvalue weighted by atomic mass is 127. The van der Waals surface area contributed by atoms with Gasteiger partial charge < -0.3 is 4.74 Å². The Bertz CT molecular complexity index is 352. The molecular formula is C11H12FIO2. The third-order valence-corrected chi connectivity index (χ3v) is 2.71. The maximum atomic E-state index is 12.8. The van der Waals surface area contributed by atoms with Crippen LogP contribution >= 0.6 is 22.6 Å². The third-order valence-electron chi connectivity index (χ3n) is 1.81. The maximum Gasteiger partial charge on any atom is 0.189 e. The first-order valence-electron chi connectivity index (χ1n) is 4.71. The number of rotatable bonds is 5. The van der Waals surface area contributed by atoms with E-state index in [1.165, 1.54) is 18.2 Å². The van der Waals surface area contributed by atoms with Crippen LogP contribution in [0.15, 0.2) is 18.2 Å². The molecule has 0 aromatic heterocycles. The van der Waals surface area contributed by atoms with Crippen molar-refractivity contribution in [3.8, 4) is 0 Å². The van der Waals surface area contributed by atoms with Gasteiger partial charge in [0.1, 0.15) is 12.4 Å². The molecule has 0 amide bonds. The first-order chi connectivity index (χ1) is 7.15. The predicted molar refractivity (Wildman–Crippen MR) is 64.6 cm³/mol. The van der Waals surface area contributed by atoms with Crippen LogP contribution in [0, 0.1) is 9.39 Å². The molecule has 0 unspecified atom stereocenters. The molecule has 0 N–H and O–H groups in total. The number of halogens is 2. The highest BCUT2D eigenvalue weighted by Gasteiger charge is 2.10. The van der Waals surface area contributed by atoms with Gasteiger partial charge in [0.25, 0.3) is 0 Å². The van der Waals surface area contributed by atoms with Crippen LogP contribution in [0.2, 0.25) is 0 Å². The molecule has 15 heavy (non-hydrogen) atoms. The van der Waals surface area contributed by atoms with E-state index < -0.39 is 0 Å². The Balaban J connectivity index is 2.65. The fourth-order valence-corrected chi connectivity index (χ4v) is 1.88. The Morgan fingerprint density at radius 3 is 2.87 bits per heavy atom. The second-order valence-corrected chi connectivity index (χ2v) is 4.26. The topological polar surface area (TPSA) is 26.3 Å². The molecule has 1 aromatic carbocycles. The lowest BCUT2D eigenvalue weighted by Gasteiger charge is -2.04. The van der Waals surface area contributed by atoms with Crippen molar-refractivity contribution in [2.75, 3.05) is 13.2 Å². The molecule has 0 bridgehead atoms. The van der Waals surface area contributed by atoms with Gasteiger partial charge in [0.05, 0.1) is 0 Å². The van der Waals surface area contributed by atoms with Crippen molar-refractivity contribution in [3.05, 3.63) is 33.1 Å². The van der Waals surface area contributed by atoms with Gasteiger partial charge in [0.2, 0.25) is 0 Å². The Hall–Kier alpha value is -0.490. The monoisotopic (exact) mass is 322 g/mol. The van der Waals surface area contributed by atoms with Gasteiger partial charge in [-0.25, -0.2) is 4.39 Å². The molecule has 0 aliphatic rings. The largest absolute Gasteiger partial charge is 0.373 e. The van der Waals surface area contributed by atoms with E-state index in [1.807, 2.05) is 29.5 Å². The van der Waals surface area contributed by atoms with Gasteiger partial charge in [-0.15, -0.1) is 0 Å². The van der Waals surface area contributed by atoms with E-state index in [9.17, 15) is 9.18 Å². The van der Waals surface area contributed by atoms with Crippen molar-refractivity contribution >= 4 is 28.4 Å². The van der Waals surface area contributed by atoms with Crippen LogP contribution in [0.25, 0.3) is 0 Å². The zero-order valence-electron chi connectivity index (χ0n) is 8.43. The normalized spacial score (nSPS) is 10.3. The number of hydrogen-bond acceptors (Lipinski definition) is 2. The van der Waals surface area contributed by atoms with Gasteiger partial charge in [-0.2, -0.15) is 0 Å². The maximum absolute atomic E-state index is 12.8. The van der Waals surface area contributed by atoms with E-state index in [-0.39, 0.29) is 18.2 Å². The molecule has 1 aromatic rings. The molecular weight excluding hydrogens is 310 g/mol. The summed E-state index contributed by atoms with van der Waals surface area (Å²) in [6.07, 6.45) is 0.883. The Morgan fingerprint density at radius 2 is 2.27 bits per heavy atom. The fourth-order valence-electron chi connectivity index (χ4n) is 1.10. The molecule has 0 saturated carbocycles. The van der Waals surface area contributed by atoms with Crippen molar-refractivity contribution in [2.45, 2.75) is 13.3 Å². The molecule has 0 atom stereocenters. The van der Waals surface area contributed by atoms with E-state index in [4.69, 9.17) is 4.74 Å². The van der Waals surface area contributed by atoms with E-state index in [2.05, 4.69) is 0 Å². The average Bonchev–Trinajstić information content (AvgIpc) is 2.17. The molecule has 0 fully saturated rings. The smallest absolute Gasteiger partial charge is 0.189 e. The zero-order valence-corrected chi connectivity index (χ0v) is 10.6. The van der Waals surface area contributed by atoms with Crippen LogP contribution in [-0.4, -0.2) is 19.0 Å². The third kappa shape index (κ3) is 3.87. The SMILES string of the molecule is CCCOCC(=O)c1ccc(F)cc1I. The Labute approximate surface area is 102 Å². The Morgan fingerprint density at radius 1 is 1.53 bits per heavy atom. The fraction of sp³-hybridized carbons (Fsp3) is 0.364. The van der Waals surface area contributed by atoms with E-state index in [0.717, 1.165) is 6.42 Å². The Kier molecular flexibility index (Phi) is 5.17. The second kappa shape index (κ2) is 6.17. The summed E-state index contributed by atoms with van der Waals surface area (Å²) in [7, 11) is 0. The second-order valence-electron chi connectivity index (χ2n) is 3.10. The van der Waals surface area contributed by atoms with Crippen LogP contribution in [0.5, 0.6) is 0 Å². The van der Waals surface area contributed by atoms with Crippen molar-refractivity contribution in [1.29, 1.82) is 0 Å². The molecule has 2 nitrogen and oxygen atoms in total. The van der Waals surface area contributed by atoms with Gasteiger partial charge in [0, 0.05) is 15.7 Å². The van der Waals surface area contributed by atoms with Crippen molar-refractivity contribution in [1.82, 2.24) is 0 Å². The van der Waals surface area contributed by atoms with E-state index in [0.29, 0.717) is 15.7 Å². The van der Waals surface area contributed by atoms with Gasteiger partial charge in [-0.05, 0) is 47.2 Å². The molecule has 0 aliphatic heterocycles. The summed E-state index contributed by atoms with van der Waals surface area (Å²) in [5.41, 5.74) is 0.521. The van der Waals surface area contributed by atoms with E-state index >= 15 is 0 Å². The number of carbonyl (C=O) groups excluding carboxylic acids is 1. The first-order valence-corrected chi connectivity index (χ1v) is 5.79. The van der Waals surface area contributed by atoms with Gasteiger partial charge >= 0.3 is 0 Å². The van der Waals surface area contributed by atoms with E-state index in [1.54, 1.807) is 0 Å². The molecule has 0 aliphatic carbocycles. The number of hydrogen-bond donors (Lipinski definition) is 0. The summed E-state index contributed by atoms with van der Waals surface area (Å²) < 4.78 is 18.5. The molecule has 0 radical (unpaired) electrons. The van der Waals surface area contributed by atoms with Crippen LogP contribution in [0.3, 0.4) is 0 Å².